The van der Waals surface area contributed by atoms with E-state index < -0.39 is 0 Å². The molecule has 0 unspecified atom stereocenters. The number of nitrogens with zero attached hydrogens (tertiary/aromatic N) is 2. The van der Waals surface area contributed by atoms with Crippen LogP contribution < -0.4 is 0 Å². The minimum absolute atomic E-state index is 0.972. The molecule has 0 aliphatic rings. The van der Waals surface area contributed by atoms with E-state index in [-0.39, 0.29) is 0 Å². The van der Waals surface area contributed by atoms with Crippen LogP contribution in [0.5, 0.6) is 0 Å². The summed E-state index contributed by atoms with van der Waals surface area (Å²) in [5.74, 6) is 5.69. The molecule has 0 fully saturated rings. The summed E-state index contributed by atoms with van der Waals surface area (Å²) in [5, 5.41) is 3.95. The molecule has 1 aromatic heterocycles. The zero-order chi connectivity index (χ0) is 8.69. The maximum absolute atomic E-state index is 3.95. The van der Waals surface area contributed by atoms with Crippen molar-refractivity contribution >= 4 is 0 Å². The van der Waals surface area contributed by atoms with Crippen LogP contribution in [0.4, 0.5) is 0 Å². The Hall–Kier alpha value is -1.23. The molecule has 0 atom stereocenters. The molecule has 0 spiro atoms. The smallest absolute Gasteiger partial charge is 0.0646 e. The predicted octanol–water partition coefficient (Wildman–Crippen LogP) is 1.82. The van der Waals surface area contributed by atoms with E-state index in [4.69, 9.17) is 0 Å². The Morgan fingerprint density at radius 1 is 1.45 bits per heavy atom. The van der Waals surface area contributed by atoms with Crippen molar-refractivity contribution in [2.75, 3.05) is 0 Å². The van der Waals surface area contributed by atoms with Crippen molar-refractivity contribution in [3.8, 4) is 11.8 Å². The van der Waals surface area contributed by atoms with Gasteiger partial charge in [-0.2, -0.15) is 5.10 Å². The fraction of sp³-hybridized carbons (Fsp3) is 0.444. The van der Waals surface area contributed by atoms with Gasteiger partial charge in [-0.1, -0.05) is 19.8 Å². The molecule has 0 saturated carbocycles. The van der Waals surface area contributed by atoms with Crippen molar-refractivity contribution < 1.29 is 0 Å². The first-order chi connectivity index (χ1) is 5.33. The summed E-state index contributed by atoms with van der Waals surface area (Å²) in [6.07, 6.45) is 3.63. The Balaban J connectivity index is 0.000000461. The lowest BCUT2D eigenvalue weighted by Gasteiger charge is -1.78. The van der Waals surface area contributed by atoms with Crippen molar-refractivity contribution in [2.45, 2.75) is 20.8 Å². The summed E-state index contributed by atoms with van der Waals surface area (Å²) >= 11 is 0. The van der Waals surface area contributed by atoms with E-state index in [2.05, 4.69) is 16.9 Å². The molecule has 60 valence electrons. The van der Waals surface area contributed by atoms with Gasteiger partial charge in [-0.05, 0) is 6.92 Å². The van der Waals surface area contributed by atoms with Gasteiger partial charge in [0.1, 0.15) is 0 Å². The van der Waals surface area contributed by atoms with Crippen molar-refractivity contribution in [3.05, 3.63) is 18.0 Å². The first-order valence-electron chi connectivity index (χ1n) is 3.74. The summed E-state index contributed by atoms with van der Waals surface area (Å²) < 4.78 is 1.74. The van der Waals surface area contributed by atoms with Gasteiger partial charge in [-0.3, -0.25) is 4.68 Å². The van der Waals surface area contributed by atoms with Gasteiger partial charge in [0.25, 0.3) is 0 Å². The van der Waals surface area contributed by atoms with E-state index in [1.807, 2.05) is 34.0 Å². The zero-order valence-electron chi connectivity index (χ0n) is 7.55. The second kappa shape index (κ2) is 5.55. The van der Waals surface area contributed by atoms with Crippen molar-refractivity contribution in [3.63, 3.8) is 0 Å². The van der Waals surface area contributed by atoms with Crippen LogP contribution in [0.15, 0.2) is 12.4 Å². The number of hydrogen-bond acceptors (Lipinski definition) is 1. The number of hydrogen-bond donors (Lipinski definition) is 0. The van der Waals surface area contributed by atoms with Crippen molar-refractivity contribution in [1.82, 2.24) is 9.78 Å². The maximum Gasteiger partial charge on any atom is 0.0646 e. The van der Waals surface area contributed by atoms with Gasteiger partial charge < -0.3 is 0 Å². The van der Waals surface area contributed by atoms with E-state index in [9.17, 15) is 0 Å². The number of aromatic nitrogens is 2. The largest absolute Gasteiger partial charge is 0.275 e. The lowest BCUT2D eigenvalue weighted by Crippen LogP contribution is -1.83. The Labute approximate surface area is 68.2 Å². The Morgan fingerprint density at radius 3 is 2.45 bits per heavy atom. The molecule has 0 bridgehead atoms. The molecule has 0 aliphatic carbocycles. The molecule has 1 rings (SSSR count). The molecule has 2 nitrogen and oxygen atoms in total. The van der Waals surface area contributed by atoms with Crippen LogP contribution in [-0.4, -0.2) is 9.78 Å². The van der Waals surface area contributed by atoms with E-state index in [0.29, 0.717) is 0 Å². The average Bonchev–Trinajstić information content (AvgIpc) is 2.41. The third-order valence-corrected chi connectivity index (χ3v) is 0.974. The lowest BCUT2D eigenvalue weighted by molar-refractivity contribution is 0.767. The minimum atomic E-state index is 0.972. The van der Waals surface area contributed by atoms with Crippen LogP contribution in [-0.2, 0) is 7.05 Å². The molecular formula is C9H14N2. The quantitative estimate of drug-likeness (QED) is 0.516. The average molecular weight is 150 g/mol. The normalized spacial score (nSPS) is 7.27. The first-order valence-corrected chi connectivity index (χ1v) is 3.74. The highest BCUT2D eigenvalue weighted by atomic mass is 15.2. The standard InChI is InChI=1S/C7H8N2.C2H6/c1-3-4-7-5-8-9(2)6-7;1-2/h5-6H,1-2H3;1-2H3. The van der Waals surface area contributed by atoms with Gasteiger partial charge in [0.2, 0.25) is 0 Å². The summed E-state index contributed by atoms with van der Waals surface area (Å²) in [6.45, 7) is 5.81. The van der Waals surface area contributed by atoms with Gasteiger partial charge in [0.15, 0.2) is 0 Å². The first kappa shape index (κ1) is 9.77. The van der Waals surface area contributed by atoms with Gasteiger partial charge in [-0.25, -0.2) is 0 Å². The van der Waals surface area contributed by atoms with Gasteiger partial charge in [0.05, 0.1) is 11.8 Å². The Morgan fingerprint density at radius 2 is 2.09 bits per heavy atom. The highest BCUT2D eigenvalue weighted by molar-refractivity contribution is 5.28. The van der Waals surface area contributed by atoms with E-state index in [0.717, 1.165) is 5.56 Å². The molecular weight excluding hydrogens is 136 g/mol. The molecule has 0 aliphatic heterocycles. The summed E-state index contributed by atoms with van der Waals surface area (Å²) in [6, 6.07) is 0. The van der Waals surface area contributed by atoms with Crippen LogP contribution in [0.2, 0.25) is 0 Å². The molecule has 0 N–H and O–H groups in total. The molecule has 0 saturated heterocycles. The molecule has 0 aromatic carbocycles. The number of rotatable bonds is 0. The second-order valence-electron chi connectivity index (χ2n) is 1.78. The zero-order valence-corrected chi connectivity index (χ0v) is 7.55. The van der Waals surface area contributed by atoms with Gasteiger partial charge >= 0.3 is 0 Å². The monoisotopic (exact) mass is 150 g/mol. The fourth-order valence-electron chi connectivity index (χ4n) is 0.630. The summed E-state index contributed by atoms with van der Waals surface area (Å²) in [5.41, 5.74) is 0.972. The predicted molar refractivity (Wildman–Crippen MR) is 47.1 cm³/mol. The van der Waals surface area contributed by atoms with Crippen LogP contribution in [0.3, 0.4) is 0 Å². The molecule has 0 radical (unpaired) electrons. The highest BCUT2D eigenvalue weighted by Crippen LogP contribution is 1.90. The highest BCUT2D eigenvalue weighted by Gasteiger charge is 1.86. The molecule has 0 amide bonds. The topological polar surface area (TPSA) is 17.8 Å². The minimum Gasteiger partial charge on any atom is -0.275 e. The lowest BCUT2D eigenvalue weighted by atomic mass is 10.4. The fourth-order valence-corrected chi connectivity index (χ4v) is 0.630. The van der Waals surface area contributed by atoms with Crippen LogP contribution in [0.25, 0.3) is 0 Å². The van der Waals surface area contributed by atoms with Crippen molar-refractivity contribution in [2.24, 2.45) is 7.05 Å². The van der Waals surface area contributed by atoms with E-state index >= 15 is 0 Å². The number of aryl methyl sites for hydroxylation is 1. The summed E-state index contributed by atoms with van der Waals surface area (Å²) in [7, 11) is 1.88. The SMILES string of the molecule is CC.CC#Cc1cnn(C)c1. The van der Waals surface area contributed by atoms with E-state index in [1.54, 1.807) is 10.9 Å². The maximum atomic E-state index is 3.95. The molecule has 1 heterocycles. The van der Waals surface area contributed by atoms with Crippen molar-refractivity contribution in [1.29, 1.82) is 0 Å². The van der Waals surface area contributed by atoms with Crippen LogP contribution >= 0.6 is 0 Å². The van der Waals surface area contributed by atoms with Crippen LogP contribution in [0, 0.1) is 11.8 Å². The van der Waals surface area contributed by atoms with Gasteiger partial charge in [-0.15, -0.1) is 5.92 Å². The van der Waals surface area contributed by atoms with Gasteiger partial charge in [0, 0.05) is 13.2 Å². The molecule has 2 heteroatoms. The second-order valence-corrected chi connectivity index (χ2v) is 1.78. The third kappa shape index (κ3) is 3.47. The third-order valence-electron chi connectivity index (χ3n) is 0.974. The molecule has 1 aromatic rings. The van der Waals surface area contributed by atoms with Crippen LogP contribution in [0.1, 0.15) is 26.3 Å². The molecule has 11 heavy (non-hydrogen) atoms. The Kier molecular flexibility index (Phi) is 4.93. The van der Waals surface area contributed by atoms with E-state index in [1.165, 1.54) is 0 Å². The Bertz CT molecular complexity index is 250. The summed E-state index contributed by atoms with van der Waals surface area (Å²) in [4.78, 5) is 0.